The van der Waals surface area contributed by atoms with Crippen LogP contribution in [0.1, 0.15) is 40.0 Å². The van der Waals surface area contributed by atoms with E-state index in [-0.39, 0.29) is 5.97 Å². The van der Waals surface area contributed by atoms with Crippen LogP contribution < -0.4 is 5.32 Å². The molecule has 1 saturated carbocycles. The van der Waals surface area contributed by atoms with Crippen LogP contribution in [0.2, 0.25) is 0 Å². The van der Waals surface area contributed by atoms with Gasteiger partial charge in [0.25, 0.3) is 0 Å². The predicted molar refractivity (Wildman–Crippen MR) is 73.6 cm³/mol. The van der Waals surface area contributed by atoms with E-state index in [1.54, 1.807) is 0 Å². The molecule has 106 valence electrons. The van der Waals surface area contributed by atoms with Crippen molar-refractivity contribution in [1.29, 1.82) is 0 Å². The van der Waals surface area contributed by atoms with Gasteiger partial charge in [-0.3, -0.25) is 4.79 Å². The molecular weight excluding hydrogens is 228 g/mol. The zero-order chi connectivity index (χ0) is 13.6. The molecular formula is C14H28N2O2. The third-order valence-electron chi connectivity index (χ3n) is 3.79. The Morgan fingerprint density at radius 3 is 2.56 bits per heavy atom. The van der Waals surface area contributed by atoms with Crippen molar-refractivity contribution in [3.05, 3.63) is 0 Å². The Kier molecular flexibility index (Phi) is 6.09. The molecule has 0 saturated heterocycles. The van der Waals surface area contributed by atoms with E-state index < -0.39 is 5.54 Å². The van der Waals surface area contributed by atoms with E-state index in [9.17, 15) is 4.79 Å². The highest BCUT2D eigenvalue weighted by molar-refractivity contribution is 5.80. The quantitative estimate of drug-likeness (QED) is 0.637. The minimum atomic E-state index is -0.555. The summed E-state index contributed by atoms with van der Waals surface area (Å²) < 4.78 is 4.91. The van der Waals surface area contributed by atoms with Crippen LogP contribution in [0.5, 0.6) is 0 Å². The Morgan fingerprint density at radius 2 is 2.11 bits per heavy atom. The average molecular weight is 256 g/mol. The molecule has 4 nitrogen and oxygen atoms in total. The van der Waals surface area contributed by atoms with Gasteiger partial charge in [0.15, 0.2) is 0 Å². The van der Waals surface area contributed by atoms with Crippen molar-refractivity contribution in [1.82, 2.24) is 10.2 Å². The van der Waals surface area contributed by atoms with Crippen LogP contribution in [-0.2, 0) is 9.53 Å². The molecule has 1 fully saturated rings. The molecule has 0 aliphatic heterocycles. The second-order valence-corrected chi connectivity index (χ2v) is 5.44. The van der Waals surface area contributed by atoms with Gasteiger partial charge in [0.05, 0.1) is 7.11 Å². The Labute approximate surface area is 111 Å². The van der Waals surface area contributed by atoms with Crippen LogP contribution in [0.15, 0.2) is 0 Å². The van der Waals surface area contributed by atoms with Crippen molar-refractivity contribution < 1.29 is 9.53 Å². The van der Waals surface area contributed by atoms with Gasteiger partial charge in [0, 0.05) is 13.1 Å². The van der Waals surface area contributed by atoms with E-state index in [1.165, 1.54) is 26.5 Å². The molecule has 18 heavy (non-hydrogen) atoms. The SMILES string of the molecule is CCNC(C)(CCN(CC)CC1CC1)C(=O)OC. The smallest absolute Gasteiger partial charge is 0.325 e. The molecule has 0 aromatic rings. The van der Waals surface area contributed by atoms with Gasteiger partial charge < -0.3 is 15.0 Å². The number of nitrogens with one attached hydrogen (secondary N) is 1. The monoisotopic (exact) mass is 256 g/mol. The number of carbonyl (C=O) groups is 1. The lowest BCUT2D eigenvalue weighted by Crippen LogP contribution is -2.52. The minimum Gasteiger partial charge on any atom is -0.468 e. The highest BCUT2D eigenvalue weighted by Crippen LogP contribution is 2.29. The van der Waals surface area contributed by atoms with E-state index >= 15 is 0 Å². The molecule has 1 unspecified atom stereocenters. The number of nitrogens with zero attached hydrogens (tertiary/aromatic N) is 1. The first-order valence-electron chi connectivity index (χ1n) is 7.11. The minimum absolute atomic E-state index is 0.160. The second kappa shape index (κ2) is 7.10. The van der Waals surface area contributed by atoms with Crippen LogP contribution in [0.25, 0.3) is 0 Å². The van der Waals surface area contributed by atoms with Crippen LogP contribution in [-0.4, -0.2) is 49.7 Å². The summed E-state index contributed by atoms with van der Waals surface area (Å²) in [6.07, 6.45) is 3.55. The van der Waals surface area contributed by atoms with Crippen molar-refractivity contribution in [2.45, 2.75) is 45.6 Å². The van der Waals surface area contributed by atoms with Gasteiger partial charge in [0.2, 0.25) is 0 Å². The molecule has 0 aromatic carbocycles. The number of ether oxygens (including phenoxy) is 1. The van der Waals surface area contributed by atoms with Crippen molar-refractivity contribution >= 4 is 5.97 Å². The fraction of sp³-hybridized carbons (Fsp3) is 0.929. The Hall–Kier alpha value is -0.610. The molecule has 0 aromatic heterocycles. The Bertz CT molecular complexity index is 267. The highest BCUT2D eigenvalue weighted by atomic mass is 16.5. The van der Waals surface area contributed by atoms with Crippen LogP contribution in [0.3, 0.4) is 0 Å². The van der Waals surface area contributed by atoms with Crippen molar-refractivity contribution in [2.75, 3.05) is 33.3 Å². The lowest BCUT2D eigenvalue weighted by atomic mass is 9.97. The summed E-state index contributed by atoms with van der Waals surface area (Å²) in [4.78, 5) is 14.3. The molecule has 0 spiro atoms. The molecule has 1 rings (SSSR count). The molecule has 4 heteroatoms. The number of likely N-dealkylation sites (N-methyl/N-ethyl adjacent to an activating group) is 1. The van der Waals surface area contributed by atoms with Crippen LogP contribution >= 0.6 is 0 Å². The number of hydrogen-bond acceptors (Lipinski definition) is 4. The number of methoxy groups -OCH3 is 1. The van der Waals surface area contributed by atoms with E-state index in [0.717, 1.165) is 32.0 Å². The van der Waals surface area contributed by atoms with Gasteiger partial charge >= 0.3 is 5.97 Å². The van der Waals surface area contributed by atoms with Gasteiger partial charge in [-0.05, 0) is 45.2 Å². The lowest BCUT2D eigenvalue weighted by molar-refractivity contribution is -0.148. The summed E-state index contributed by atoms with van der Waals surface area (Å²) in [7, 11) is 1.46. The van der Waals surface area contributed by atoms with E-state index in [0.29, 0.717) is 0 Å². The first-order chi connectivity index (χ1) is 8.55. The van der Waals surface area contributed by atoms with Crippen molar-refractivity contribution in [3.63, 3.8) is 0 Å². The average Bonchev–Trinajstić information content (AvgIpc) is 3.17. The third kappa shape index (κ3) is 4.58. The molecule has 0 heterocycles. The number of carbonyl (C=O) groups excluding carboxylic acids is 1. The van der Waals surface area contributed by atoms with Gasteiger partial charge in [-0.2, -0.15) is 0 Å². The Morgan fingerprint density at radius 1 is 1.44 bits per heavy atom. The van der Waals surface area contributed by atoms with Crippen LogP contribution in [0, 0.1) is 5.92 Å². The number of rotatable bonds is 9. The number of hydrogen-bond donors (Lipinski definition) is 1. The third-order valence-corrected chi connectivity index (χ3v) is 3.79. The van der Waals surface area contributed by atoms with E-state index in [2.05, 4.69) is 17.1 Å². The zero-order valence-corrected chi connectivity index (χ0v) is 12.3. The maximum Gasteiger partial charge on any atom is 0.325 e. The van der Waals surface area contributed by atoms with Gasteiger partial charge in [-0.15, -0.1) is 0 Å². The summed E-state index contributed by atoms with van der Waals surface area (Å²) in [6.45, 7) is 10.1. The zero-order valence-electron chi connectivity index (χ0n) is 12.3. The topological polar surface area (TPSA) is 41.6 Å². The summed E-state index contributed by atoms with van der Waals surface area (Å²) in [6, 6.07) is 0. The standard InChI is InChI=1S/C14H28N2O2/c1-5-15-14(3,13(17)18-4)9-10-16(6-2)11-12-7-8-12/h12,15H,5-11H2,1-4H3. The summed E-state index contributed by atoms with van der Waals surface area (Å²) in [5, 5.41) is 3.26. The summed E-state index contributed by atoms with van der Waals surface area (Å²) in [5.41, 5.74) is -0.555. The predicted octanol–water partition coefficient (Wildman–Crippen LogP) is 1.65. The lowest BCUT2D eigenvalue weighted by Gasteiger charge is -2.30. The molecule has 1 atom stereocenters. The number of esters is 1. The first kappa shape index (κ1) is 15.4. The normalized spacial score (nSPS) is 18.7. The molecule has 0 amide bonds. The maximum absolute atomic E-state index is 11.9. The van der Waals surface area contributed by atoms with Crippen LogP contribution in [0.4, 0.5) is 0 Å². The summed E-state index contributed by atoms with van der Waals surface area (Å²) in [5.74, 6) is 0.736. The van der Waals surface area contributed by atoms with Crippen molar-refractivity contribution in [3.8, 4) is 0 Å². The van der Waals surface area contributed by atoms with Gasteiger partial charge in [-0.25, -0.2) is 0 Å². The van der Waals surface area contributed by atoms with E-state index in [1.807, 2.05) is 13.8 Å². The fourth-order valence-electron chi connectivity index (χ4n) is 2.30. The van der Waals surface area contributed by atoms with Crippen molar-refractivity contribution in [2.24, 2.45) is 5.92 Å². The largest absolute Gasteiger partial charge is 0.468 e. The first-order valence-corrected chi connectivity index (χ1v) is 7.11. The Balaban J connectivity index is 2.45. The maximum atomic E-state index is 11.9. The van der Waals surface area contributed by atoms with E-state index in [4.69, 9.17) is 4.74 Å². The molecule has 1 aliphatic carbocycles. The summed E-state index contributed by atoms with van der Waals surface area (Å²) >= 11 is 0. The molecule has 1 aliphatic rings. The molecule has 0 bridgehead atoms. The molecule has 1 N–H and O–H groups in total. The van der Waals surface area contributed by atoms with Gasteiger partial charge in [0.1, 0.15) is 5.54 Å². The fourth-order valence-corrected chi connectivity index (χ4v) is 2.30. The van der Waals surface area contributed by atoms with Gasteiger partial charge in [-0.1, -0.05) is 13.8 Å². The highest BCUT2D eigenvalue weighted by Gasteiger charge is 2.34. The molecule has 0 radical (unpaired) electrons. The second-order valence-electron chi connectivity index (χ2n) is 5.44.